The molecule has 1 amide bonds. The van der Waals surface area contributed by atoms with Crippen LogP contribution in [0.15, 0.2) is 84.9 Å². The molecule has 0 unspecified atom stereocenters. The number of benzene rings is 3. The Morgan fingerprint density at radius 3 is 1.88 bits per heavy atom. The van der Waals surface area contributed by atoms with Gasteiger partial charge in [-0.15, -0.1) is 0 Å². The highest BCUT2D eigenvalue weighted by atomic mass is 16.5. The summed E-state index contributed by atoms with van der Waals surface area (Å²) in [5, 5.41) is 12.3. The van der Waals surface area contributed by atoms with Crippen LogP contribution in [0.5, 0.6) is 5.75 Å². The van der Waals surface area contributed by atoms with Crippen molar-refractivity contribution in [2.24, 2.45) is 0 Å². The fourth-order valence-electron chi connectivity index (χ4n) is 3.68. The molecule has 5 nitrogen and oxygen atoms in total. The molecule has 0 radical (unpaired) electrons. The van der Waals surface area contributed by atoms with Gasteiger partial charge in [-0.25, -0.2) is 0 Å². The lowest BCUT2D eigenvalue weighted by molar-refractivity contribution is -0.137. The second-order valence-electron chi connectivity index (χ2n) is 7.71. The zero-order valence-corrected chi connectivity index (χ0v) is 18.2. The number of aliphatic carboxylic acids is 1. The Hall–Kier alpha value is -3.60. The Morgan fingerprint density at radius 2 is 1.38 bits per heavy atom. The van der Waals surface area contributed by atoms with Crippen LogP contribution in [0.4, 0.5) is 0 Å². The topological polar surface area (TPSA) is 75.6 Å². The van der Waals surface area contributed by atoms with Gasteiger partial charge in [0.2, 0.25) is 5.91 Å². The Kier molecular flexibility index (Phi) is 8.44. The smallest absolute Gasteiger partial charge is 0.305 e. The van der Waals surface area contributed by atoms with E-state index in [9.17, 15) is 14.7 Å². The Morgan fingerprint density at radius 1 is 0.812 bits per heavy atom. The van der Waals surface area contributed by atoms with Crippen LogP contribution in [0.2, 0.25) is 0 Å². The van der Waals surface area contributed by atoms with Gasteiger partial charge in [-0.3, -0.25) is 9.59 Å². The van der Waals surface area contributed by atoms with E-state index in [-0.39, 0.29) is 24.7 Å². The highest BCUT2D eigenvalue weighted by Gasteiger charge is 2.22. The minimum atomic E-state index is -0.968. The molecule has 0 aromatic heterocycles. The van der Waals surface area contributed by atoms with Gasteiger partial charge in [0.05, 0.1) is 19.1 Å². The molecule has 3 aromatic carbocycles. The summed E-state index contributed by atoms with van der Waals surface area (Å²) in [5.41, 5.74) is 2.82. The Bertz CT molecular complexity index is 948. The van der Waals surface area contributed by atoms with Crippen molar-refractivity contribution in [3.05, 3.63) is 102 Å². The van der Waals surface area contributed by atoms with Crippen molar-refractivity contribution in [2.45, 2.75) is 38.1 Å². The first-order valence-corrected chi connectivity index (χ1v) is 10.9. The predicted molar refractivity (Wildman–Crippen MR) is 125 cm³/mol. The standard InChI is InChI=1S/C27H29NO4/c1-2-17-32-23-15-13-22(14-16-23)25(19-27(30)31)28-26(29)18-24(20-9-5-3-6-10-20)21-11-7-4-8-12-21/h3-16,24-25H,2,17-19H2,1H3,(H,28,29)(H,30,31)/t25-/m1/s1. The number of nitrogens with one attached hydrogen (secondary N) is 1. The van der Waals surface area contributed by atoms with E-state index < -0.39 is 12.0 Å². The van der Waals surface area contributed by atoms with Crippen LogP contribution in [-0.2, 0) is 9.59 Å². The molecule has 0 bridgehead atoms. The van der Waals surface area contributed by atoms with Gasteiger partial charge in [0.15, 0.2) is 0 Å². The Labute approximate surface area is 189 Å². The minimum Gasteiger partial charge on any atom is -0.494 e. The monoisotopic (exact) mass is 431 g/mol. The van der Waals surface area contributed by atoms with Gasteiger partial charge in [-0.1, -0.05) is 79.7 Å². The normalized spacial score (nSPS) is 11.7. The van der Waals surface area contributed by atoms with Crippen LogP contribution < -0.4 is 10.1 Å². The zero-order valence-electron chi connectivity index (χ0n) is 18.2. The Balaban J connectivity index is 1.76. The predicted octanol–water partition coefficient (Wildman–Crippen LogP) is 5.33. The molecule has 0 heterocycles. The van der Waals surface area contributed by atoms with Gasteiger partial charge in [0.25, 0.3) is 0 Å². The largest absolute Gasteiger partial charge is 0.494 e. The second kappa shape index (κ2) is 11.7. The molecule has 1 atom stereocenters. The van der Waals surface area contributed by atoms with Gasteiger partial charge in [-0.05, 0) is 35.2 Å². The van der Waals surface area contributed by atoms with E-state index >= 15 is 0 Å². The summed E-state index contributed by atoms with van der Waals surface area (Å²) in [6, 6.07) is 26.4. The first-order valence-electron chi connectivity index (χ1n) is 10.9. The van der Waals surface area contributed by atoms with Crippen molar-refractivity contribution in [1.29, 1.82) is 0 Å². The molecule has 3 rings (SSSR count). The summed E-state index contributed by atoms with van der Waals surface area (Å²) in [6.07, 6.45) is 0.938. The van der Waals surface area contributed by atoms with Crippen molar-refractivity contribution in [3.8, 4) is 5.75 Å². The summed E-state index contributed by atoms with van der Waals surface area (Å²) < 4.78 is 5.60. The van der Waals surface area contributed by atoms with E-state index in [1.54, 1.807) is 0 Å². The number of carboxylic acids is 1. The van der Waals surface area contributed by atoms with Crippen molar-refractivity contribution >= 4 is 11.9 Å². The molecule has 0 spiro atoms. The lowest BCUT2D eigenvalue weighted by Gasteiger charge is -2.22. The molecule has 166 valence electrons. The van der Waals surface area contributed by atoms with E-state index in [2.05, 4.69) is 5.32 Å². The highest BCUT2D eigenvalue weighted by molar-refractivity contribution is 5.79. The number of carboxylic acid groups (broad SMARTS) is 1. The maximum Gasteiger partial charge on any atom is 0.305 e. The molecule has 5 heteroatoms. The third-order valence-corrected chi connectivity index (χ3v) is 5.26. The fraction of sp³-hybridized carbons (Fsp3) is 0.259. The summed E-state index contributed by atoms with van der Waals surface area (Å²) in [7, 11) is 0. The summed E-state index contributed by atoms with van der Waals surface area (Å²) in [5.74, 6) is -0.554. The van der Waals surface area contributed by atoms with E-state index in [0.717, 1.165) is 28.9 Å². The number of hydrogen-bond donors (Lipinski definition) is 2. The van der Waals surface area contributed by atoms with Crippen LogP contribution >= 0.6 is 0 Å². The maximum atomic E-state index is 13.0. The average Bonchev–Trinajstić information content (AvgIpc) is 2.82. The van der Waals surface area contributed by atoms with Gasteiger partial charge >= 0.3 is 5.97 Å². The fourth-order valence-corrected chi connectivity index (χ4v) is 3.68. The number of hydrogen-bond acceptors (Lipinski definition) is 3. The van der Waals surface area contributed by atoms with E-state index in [1.807, 2.05) is 91.9 Å². The van der Waals surface area contributed by atoms with Gasteiger partial charge in [-0.2, -0.15) is 0 Å². The van der Waals surface area contributed by atoms with Gasteiger partial charge in [0.1, 0.15) is 5.75 Å². The quantitative estimate of drug-likeness (QED) is 0.430. The van der Waals surface area contributed by atoms with E-state index in [0.29, 0.717) is 6.61 Å². The number of carbonyl (C=O) groups excluding carboxylic acids is 1. The molecule has 0 aliphatic carbocycles. The zero-order chi connectivity index (χ0) is 22.8. The lowest BCUT2D eigenvalue weighted by atomic mass is 9.88. The first kappa shape index (κ1) is 23.1. The first-order chi connectivity index (χ1) is 15.6. The molecular formula is C27H29NO4. The van der Waals surface area contributed by atoms with Gasteiger partial charge < -0.3 is 15.2 Å². The van der Waals surface area contributed by atoms with Crippen molar-refractivity contribution < 1.29 is 19.4 Å². The molecule has 32 heavy (non-hydrogen) atoms. The number of carbonyl (C=O) groups is 2. The minimum absolute atomic E-state index is 0.118. The highest BCUT2D eigenvalue weighted by Crippen LogP contribution is 2.29. The summed E-state index contributed by atoms with van der Waals surface area (Å²) in [4.78, 5) is 24.5. The summed E-state index contributed by atoms with van der Waals surface area (Å²) in [6.45, 7) is 2.65. The molecule has 0 saturated carbocycles. The lowest BCUT2D eigenvalue weighted by Crippen LogP contribution is -2.31. The van der Waals surface area contributed by atoms with E-state index in [4.69, 9.17) is 4.74 Å². The molecule has 3 aromatic rings. The van der Waals surface area contributed by atoms with Crippen LogP contribution in [0.3, 0.4) is 0 Å². The number of ether oxygens (including phenoxy) is 1. The van der Waals surface area contributed by atoms with Crippen molar-refractivity contribution in [1.82, 2.24) is 5.32 Å². The molecule has 0 saturated heterocycles. The second-order valence-corrected chi connectivity index (χ2v) is 7.71. The number of rotatable bonds is 11. The van der Waals surface area contributed by atoms with Crippen LogP contribution in [0, 0.1) is 0 Å². The van der Waals surface area contributed by atoms with Crippen molar-refractivity contribution in [2.75, 3.05) is 6.61 Å². The average molecular weight is 432 g/mol. The molecular weight excluding hydrogens is 402 g/mol. The van der Waals surface area contributed by atoms with Crippen LogP contribution in [0.25, 0.3) is 0 Å². The molecule has 0 aliphatic rings. The third-order valence-electron chi connectivity index (χ3n) is 5.26. The SMILES string of the molecule is CCCOc1ccc([C@@H](CC(=O)O)NC(=O)CC(c2ccccc2)c2ccccc2)cc1. The molecule has 0 aliphatic heterocycles. The van der Waals surface area contributed by atoms with Crippen LogP contribution in [0.1, 0.15) is 54.8 Å². The van der Waals surface area contributed by atoms with Gasteiger partial charge in [0, 0.05) is 12.3 Å². The van der Waals surface area contributed by atoms with Crippen molar-refractivity contribution in [3.63, 3.8) is 0 Å². The van der Waals surface area contributed by atoms with Crippen LogP contribution in [-0.4, -0.2) is 23.6 Å². The molecule has 2 N–H and O–H groups in total. The number of amides is 1. The maximum absolute atomic E-state index is 13.0. The summed E-state index contributed by atoms with van der Waals surface area (Å²) >= 11 is 0. The molecule has 0 fully saturated rings. The van der Waals surface area contributed by atoms with E-state index in [1.165, 1.54) is 0 Å². The third kappa shape index (κ3) is 6.71.